The van der Waals surface area contributed by atoms with Gasteiger partial charge in [0.15, 0.2) is 0 Å². The maximum atomic E-state index is 3.85. The van der Waals surface area contributed by atoms with Crippen LogP contribution in [-0.4, -0.2) is 16.1 Å². The zero-order chi connectivity index (χ0) is 10.5. The molecule has 0 fully saturated rings. The van der Waals surface area contributed by atoms with Gasteiger partial charge >= 0.3 is 0 Å². The molecule has 0 rings (SSSR count). The molecule has 0 nitrogen and oxygen atoms in total. The van der Waals surface area contributed by atoms with E-state index in [1.165, 1.54) is 17.8 Å². The van der Waals surface area contributed by atoms with Crippen molar-refractivity contribution in [2.24, 2.45) is 0 Å². The lowest BCUT2D eigenvalue weighted by Crippen LogP contribution is -2.38. The lowest BCUT2D eigenvalue weighted by molar-refractivity contribution is 1.39. The van der Waals surface area contributed by atoms with Crippen LogP contribution in [0.15, 0.2) is 25.3 Å². The highest BCUT2D eigenvalue weighted by Gasteiger charge is 2.29. The molecule has 0 spiro atoms. The number of hydrogen-bond donors (Lipinski definition) is 0. The SMILES string of the molecule is C=CC[Si](C)(C)C[Si](C)(C)CC=C. The Hall–Kier alpha value is -0.0862. The van der Waals surface area contributed by atoms with Crippen LogP contribution in [0.3, 0.4) is 0 Å². The Labute approximate surface area is 85.8 Å². The maximum Gasteiger partial charge on any atom is 0.0485 e. The van der Waals surface area contributed by atoms with Crippen molar-refractivity contribution >= 4 is 16.1 Å². The largest absolute Gasteiger partial charge is 0.103 e. The van der Waals surface area contributed by atoms with E-state index in [4.69, 9.17) is 0 Å². The van der Waals surface area contributed by atoms with E-state index in [1.807, 2.05) is 0 Å². The molecule has 2 heteroatoms. The van der Waals surface area contributed by atoms with Crippen molar-refractivity contribution in [2.45, 2.75) is 43.9 Å². The maximum absolute atomic E-state index is 3.85. The van der Waals surface area contributed by atoms with E-state index in [0.717, 1.165) is 0 Å². The van der Waals surface area contributed by atoms with Gasteiger partial charge in [-0.05, 0) is 12.1 Å². The Kier molecular flexibility index (Phi) is 4.93. The van der Waals surface area contributed by atoms with Crippen LogP contribution in [0.25, 0.3) is 0 Å². The fraction of sp³-hybridized carbons (Fsp3) is 0.636. The molecule has 0 bridgehead atoms. The summed E-state index contributed by atoms with van der Waals surface area (Å²) >= 11 is 0. The van der Waals surface area contributed by atoms with E-state index in [0.29, 0.717) is 0 Å². The molecule has 0 aliphatic heterocycles. The molecule has 0 aromatic carbocycles. The standard InChI is InChI=1S/C11H24Si2/c1-7-9-12(3,4)11-13(5,6)10-8-2/h7-8H,1-2,9-11H2,3-6H3. The van der Waals surface area contributed by atoms with E-state index in [2.05, 4.69) is 51.5 Å². The summed E-state index contributed by atoms with van der Waals surface area (Å²) in [6.45, 7) is 17.6. The predicted octanol–water partition coefficient (Wildman–Crippen LogP) is 4.31. The van der Waals surface area contributed by atoms with E-state index < -0.39 is 16.1 Å². The van der Waals surface area contributed by atoms with E-state index in [-0.39, 0.29) is 0 Å². The highest BCUT2D eigenvalue weighted by atomic mass is 28.4. The van der Waals surface area contributed by atoms with Gasteiger partial charge in [-0.2, -0.15) is 0 Å². The summed E-state index contributed by atoms with van der Waals surface area (Å²) in [4.78, 5) is 0. The first kappa shape index (κ1) is 12.9. The molecule has 0 aliphatic rings. The molecule has 0 aromatic heterocycles. The van der Waals surface area contributed by atoms with Gasteiger partial charge in [0.2, 0.25) is 0 Å². The Morgan fingerprint density at radius 2 is 1.15 bits per heavy atom. The molecule has 0 amide bonds. The molecule has 0 heterocycles. The van der Waals surface area contributed by atoms with Crippen LogP contribution in [0.1, 0.15) is 0 Å². The van der Waals surface area contributed by atoms with Crippen LogP contribution in [0.4, 0.5) is 0 Å². The van der Waals surface area contributed by atoms with Gasteiger partial charge in [0.25, 0.3) is 0 Å². The zero-order valence-electron chi connectivity index (χ0n) is 9.69. The summed E-state index contributed by atoms with van der Waals surface area (Å²) in [5, 5.41) is 0. The molecule has 13 heavy (non-hydrogen) atoms. The Bertz CT molecular complexity index is 161. The van der Waals surface area contributed by atoms with Gasteiger partial charge in [-0.3, -0.25) is 0 Å². The second-order valence-corrected chi connectivity index (χ2v) is 16.4. The minimum atomic E-state index is -0.980. The van der Waals surface area contributed by atoms with Crippen LogP contribution < -0.4 is 0 Å². The molecule has 0 unspecified atom stereocenters. The minimum absolute atomic E-state index is 0.980. The van der Waals surface area contributed by atoms with E-state index in [9.17, 15) is 0 Å². The summed E-state index contributed by atoms with van der Waals surface area (Å²) in [5.74, 6) is 0. The smallest absolute Gasteiger partial charge is 0.0485 e. The van der Waals surface area contributed by atoms with Crippen molar-refractivity contribution in [2.75, 3.05) is 0 Å². The molecule has 0 aliphatic carbocycles. The van der Waals surface area contributed by atoms with Gasteiger partial charge in [-0.1, -0.05) is 44.0 Å². The molecule has 0 N–H and O–H groups in total. The third-order valence-electron chi connectivity index (χ3n) is 2.35. The fourth-order valence-electron chi connectivity index (χ4n) is 2.22. The average molecular weight is 212 g/mol. The Morgan fingerprint density at radius 3 is 1.38 bits per heavy atom. The minimum Gasteiger partial charge on any atom is -0.103 e. The monoisotopic (exact) mass is 212 g/mol. The molecule has 0 saturated heterocycles. The van der Waals surface area contributed by atoms with Crippen molar-refractivity contribution in [3.05, 3.63) is 25.3 Å². The van der Waals surface area contributed by atoms with Gasteiger partial charge in [0.05, 0.1) is 0 Å². The molecular formula is C11H24Si2. The van der Waals surface area contributed by atoms with Crippen molar-refractivity contribution < 1.29 is 0 Å². The van der Waals surface area contributed by atoms with Crippen molar-refractivity contribution in [1.29, 1.82) is 0 Å². The van der Waals surface area contributed by atoms with Gasteiger partial charge < -0.3 is 0 Å². The van der Waals surface area contributed by atoms with Crippen molar-refractivity contribution in [3.63, 3.8) is 0 Å². The van der Waals surface area contributed by atoms with Crippen LogP contribution >= 0.6 is 0 Å². The molecule has 0 saturated carbocycles. The number of rotatable bonds is 6. The molecule has 0 radical (unpaired) electrons. The molecule has 0 atom stereocenters. The Morgan fingerprint density at radius 1 is 0.846 bits per heavy atom. The third kappa shape index (κ3) is 6.05. The van der Waals surface area contributed by atoms with Crippen molar-refractivity contribution in [1.82, 2.24) is 0 Å². The van der Waals surface area contributed by atoms with Crippen molar-refractivity contribution in [3.8, 4) is 0 Å². The second kappa shape index (κ2) is 4.96. The summed E-state index contributed by atoms with van der Waals surface area (Å²) in [6, 6.07) is 2.53. The first-order chi connectivity index (χ1) is 5.83. The lowest BCUT2D eigenvalue weighted by Gasteiger charge is -2.30. The topological polar surface area (TPSA) is 0 Å². The van der Waals surface area contributed by atoms with Crippen LogP contribution in [0, 0.1) is 0 Å². The number of hydrogen-bond acceptors (Lipinski definition) is 0. The lowest BCUT2D eigenvalue weighted by atomic mass is 10.8. The van der Waals surface area contributed by atoms with Gasteiger partial charge in [0, 0.05) is 16.1 Å². The van der Waals surface area contributed by atoms with Gasteiger partial charge in [0.1, 0.15) is 0 Å². The van der Waals surface area contributed by atoms with Crippen LogP contribution in [0.5, 0.6) is 0 Å². The summed E-state index contributed by atoms with van der Waals surface area (Å²) in [6.07, 6.45) is 4.20. The van der Waals surface area contributed by atoms with Crippen LogP contribution in [0.2, 0.25) is 43.9 Å². The van der Waals surface area contributed by atoms with E-state index in [1.54, 1.807) is 0 Å². The Balaban J connectivity index is 4.22. The fourth-order valence-corrected chi connectivity index (χ4v) is 15.3. The highest BCUT2D eigenvalue weighted by Crippen LogP contribution is 2.26. The summed E-state index contributed by atoms with van der Waals surface area (Å²) in [5.41, 5.74) is 1.50. The van der Waals surface area contributed by atoms with Gasteiger partial charge in [-0.25, -0.2) is 0 Å². The van der Waals surface area contributed by atoms with E-state index >= 15 is 0 Å². The van der Waals surface area contributed by atoms with Gasteiger partial charge in [-0.15, -0.1) is 13.2 Å². The predicted molar refractivity (Wildman–Crippen MR) is 69.8 cm³/mol. The molecular weight excluding hydrogens is 188 g/mol. The molecule has 76 valence electrons. The quantitative estimate of drug-likeness (QED) is 0.454. The highest BCUT2D eigenvalue weighted by molar-refractivity contribution is 6.95. The van der Waals surface area contributed by atoms with Crippen LogP contribution in [-0.2, 0) is 0 Å². The molecule has 0 aromatic rings. The number of allylic oxidation sites excluding steroid dienone is 2. The zero-order valence-corrected chi connectivity index (χ0v) is 11.7. The normalized spacial score (nSPS) is 12.6. The first-order valence-electron chi connectivity index (χ1n) is 5.05. The average Bonchev–Trinajstić information content (AvgIpc) is 1.82. The second-order valence-electron chi connectivity index (χ2n) is 5.49. The summed E-state index contributed by atoms with van der Waals surface area (Å²) in [7, 11) is -1.96. The summed E-state index contributed by atoms with van der Waals surface area (Å²) < 4.78 is 0. The first-order valence-corrected chi connectivity index (χ1v) is 11.9. The third-order valence-corrected chi connectivity index (χ3v) is 12.8.